The summed E-state index contributed by atoms with van der Waals surface area (Å²) in [7, 11) is 0. The Kier molecular flexibility index (Phi) is 4.75. The highest BCUT2D eigenvalue weighted by Gasteiger charge is 2.23. The van der Waals surface area contributed by atoms with Gasteiger partial charge in [0.25, 0.3) is 0 Å². The molecule has 1 atom stereocenters. The molecule has 0 amide bonds. The summed E-state index contributed by atoms with van der Waals surface area (Å²) in [6, 6.07) is 1.74. The van der Waals surface area contributed by atoms with E-state index in [-0.39, 0.29) is 11.5 Å². The lowest BCUT2D eigenvalue weighted by Crippen LogP contribution is -2.32. The van der Waals surface area contributed by atoms with E-state index in [0.717, 1.165) is 0 Å². The van der Waals surface area contributed by atoms with Crippen LogP contribution in [0, 0.1) is 5.41 Å². The Morgan fingerprint density at radius 1 is 1.53 bits per heavy atom. The van der Waals surface area contributed by atoms with Crippen molar-refractivity contribution in [2.24, 2.45) is 5.41 Å². The van der Waals surface area contributed by atoms with Gasteiger partial charge in [0.1, 0.15) is 11.4 Å². The first-order valence-corrected chi connectivity index (χ1v) is 6.45. The van der Waals surface area contributed by atoms with Gasteiger partial charge in [-0.15, -0.1) is 0 Å². The molecule has 1 aromatic rings. The maximum Gasteiger partial charge on any atom is 0.341 e. The largest absolute Gasteiger partial charge is 0.462 e. The molecule has 1 aromatic heterocycles. The minimum Gasteiger partial charge on any atom is -0.462 e. The molecule has 0 aliphatic heterocycles. The molecule has 19 heavy (non-hydrogen) atoms. The molecule has 0 aliphatic rings. The lowest BCUT2D eigenvalue weighted by molar-refractivity contribution is 0.0527. The Bertz CT molecular complexity index is 452. The number of nitrogens with zero attached hydrogens (tertiary/aromatic N) is 1. The predicted molar refractivity (Wildman–Crippen MR) is 77.1 cm³/mol. The second kappa shape index (κ2) is 5.91. The van der Waals surface area contributed by atoms with Crippen molar-refractivity contribution >= 4 is 17.5 Å². The van der Waals surface area contributed by atoms with Crippen molar-refractivity contribution < 1.29 is 9.53 Å². The number of nitrogen functional groups attached to an aromatic ring is 1. The average molecular weight is 265 g/mol. The van der Waals surface area contributed by atoms with Crippen molar-refractivity contribution in [1.82, 2.24) is 4.98 Å². The van der Waals surface area contributed by atoms with Crippen LogP contribution in [0.25, 0.3) is 0 Å². The number of nitrogens with one attached hydrogen (secondary N) is 1. The van der Waals surface area contributed by atoms with Crippen LogP contribution in [0.5, 0.6) is 0 Å². The SMILES string of the molecule is CCOC(=O)c1cc(N)cnc1NC(C)C(C)(C)C. The fourth-order valence-electron chi connectivity index (χ4n) is 1.38. The Morgan fingerprint density at radius 2 is 2.16 bits per heavy atom. The summed E-state index contributed by atoms with van der Waals surface area (Å²) in [6.07, 6.45) is 1.53. The molecule has 0 aromatic carbocycles. The van der Waals surface area contributed by atoms with E-state index in [0.29, 0.717) is 23.7 Å². The van der Waals surface area contributed by atoms with Crippen LogP contribution in [0.1, 0.15) is 45.0 Å². The average Bonchev–Trinajstić information content (AvgIpc) is 2.30. The van der Waals surface area contributed by atoms with Gasteiger partial charge in [0.2, 0.25) is 0 Å². The van der Waals surface area contributed by atoms with Gasteiger partial charge in [-0.1, -0.05) is 20.8 Å². The van der Waals surface area contributed by atoms with E-state index in [1.165, 1.54) is 6.20 Å². The van der Waals surface area contributed by atoms with Crippen molar-refractivity contribution in [3.8, 4) is 0 Å². The maximum absolute atomic E-state index is 11.9. The summed E-state index contributed by atoms with van der Waals surface area (Å²) in [5.74, 6) is 0.0981. The number of aromatic nitrogens is 1. The Labute approximate surface area is 114 Å². The molecule has 1 rings (SSSR count). The van der Waals surface area contributed by atoms with E-state index >= 15 is 0 Å². The fourth-order valence-corrected chi connectivity index (χ4v) is 1.38. The minimum absolute atomic E-state index is 0.0506. The van der Waals surface area contributed by atoms with E-state index in [1.807, 2.05) is 6.92 Å². The number of nitrogens with two attached hydrogens (primary N) is 1. The molecule has 0 radical (unpaired) electrons. The van der Waals surface area contributed by atoms with Gasteiger partial charge in [0.05, 0.1) is 18.5 Å². The summed E-state index contributed by atoms with van der Waals surface area (Å²) in [4.78, 5) is 16.1. The zero-order valence-electron chi connectivity index (χ0n) is 12.3. The second-order valence-electron chi connectivity index (χ2n) is 5.62. The zero-order valence-corrected chi connectivity index (χ0v) is 12.3. The first kappa shape index (κ1) is 15.3. The first-order valence-electron chi connectivity index (χ1n) is 6.45. The quantitative estimate of drug-likeness (QED) is 0.818. The van der Waals surface area contributed by atoms with Crippen molar-refractivity contribution in [1.29, 1.82) is 0 Å². The molecule has 0 aliphatic carbocycles. The molecule has 3 N–H and O–H groups in total. The molecule has 0 bridgehead atoms. The number of hydrogen-bond donors (Lipinski definition) is 2. The van der Waals surface area contributed by atoms with E-state index < -0.39 is 5.97 Å². The predicted octanol–water partition coefficient (Wildman–Crippen LogP) is 2.69. The fraction of sp³-hybridized carbons (Fsp3) is 0.571. The van der Waals surface area contributed by atoms with Crippen LogP contribution >= 0.6 is 0 Å². The van der Waals surface area contributed by atoms with E-state index in [9.17, 15) is 4.79 Å². The molecular formula is C14H23N3O2. The van der Waals surface area contributed by atoms with Gasteiger partial charge in [0, 0.05) is 6.04 Å². The second-order valence-corrected chi connectivity index (χ2v) is 5.62. The van der Waals surface area contributed by atoms with E-state index in [4.69, 9.17) is 10.5 Å². The third-order valence-corrected chi connectivity index (χ3v) is 3.06. The van der Waals surface area contributed by atoms with Gasteiger partial charge in [-0.25, -0.2) is 9.78 Å². The van der Waals surface area contributed by atoms with Gasteiger partial charge in [0.15, 0.2) is 0 Å². The van der Waals surface area contributed by atoms with Gasteiger partial charge in [-0.3, -0.25) is 0 Å². The third-order valence-electron chi connectivity index (χ3n) is 3.06. The lowest BCUT2D eigenvalue weighted by atomic mass is 9.88. The highest BCUT2D eigenvalue weighted by Crippen LogP contribution is 2.24. The highest BCUT2D eigenvalue weighted by molar-refractivity contribution is 5.95. The number of carbonyl (C=O) groups excluding carboxylic acids is 1. The molecule has 0 saturated carbocycles. The van der Waals surface area contributed by atoms with Crippen LogP contribution in [0.15, 0.2) is 12.3 Å². The number of hydrogen-bond acceptors (Lipinski definition) is 5. The highest BCUT2D eigenvalue weighted by atomic mass is 16.5. The molecule has 5 nitrogen and oxygen atoms in total. The monoisotopic (exact) mass is 265 g/mol. The minimum atomic E-state index is -0.411. The Hall–Kier alpha value is -1.78. The number of ether oxygens (including phenoxy) is 1. The number of esters is 1. The molecule has 0 spiro atoms. The van der Waals surface area contributed by atoms with Crippen LogP contribution < -0.4 is 11.1 Å². The van der Waals surface area contributed by atoms with Crippen LogP contribution in [0.2, 0.25) is 0 Å². The number of anilines is 2. The van der Waals surface area contributed by atoms with Crippen LogP contribution in [0.4, 0.5) is 11.5 Å². The van der Waals surface area contributed by atoms with Crippen LogP contribution in [-0.2, 0) is 4.74 Å². The third kappa shape index (κ3) is 4.12. The standard InChI is InChI=1S/C14H23N3O2/c1-6-19-13(18)11-7-10(15)8-16-12(11)17-9(2)14(3,4)5/h7-9H,6,15H2,1-5H3,(H,16,17). The summed E-state index contributed by atoms with van der Waals surface area (Å²) < 4.78 is 5.02. The number of carbonyl (C=O) groups is 1. The summed E-state index contributed by atoms with van der Waals surface area (Å²) >= 11 is 0. The van der Waals surface area contributed by atoms with Crippen LogP contribution in [0.3, 0.4) is 0 Å². The van der Waals surface area contributed by atoms with Crippen molar-refractivity contribution in [2.45, 2.75) is 40.7 Å². The summed E-state index contributed by atoms with van der Waals surface area (Å²) in [5.41, 5.74) is 6.55. The van der Waals surface area contributed by atoms with Crippen molar-refractivity contribution in [2.75, 3.05) is 17.7 Å². The smallest absolute Gasteiger partial charge is 0.341 e. The van der Waals surface area contributed by atoms with Gasteiger partial charge in [-0.2, -0.15) is 0 Å². The zero-order chi connectivity index (χ0) is 14.6. The van der Waals surface area contributed by atoms with E-state index in [1.54, 1.807) is 13.0 Å². The van der Waals surface area contributed by atoms with Gasteiger partial charge in [-0.05, 0) is 25.3 Å². The molecular weight excluding hydrogens is 242 g/mol. The molecule has 0 saturated heterocycles. The topological polar surface area (TPSA) is 77.2 Å². The van der Waals surface area contributed by atoms with E-state index in [2.05, 4.69) is 31.1 Å². The van der Waals surface area contributed by atoms with Gasteiger partial charge < -0.3 is 15.8 Å². The molecule has 1 unspecified atom stereocenters. The van der Waals surface area contributed by atoms with Crippen LogP contribution in [-0.4, -0.2) is 23.6 Å². The molecule has 1 heterocycles. The first-order chi connectivity index (χ1) is 8.75. The van der Waals surface area contributed by atoms with Gasteiger partial charge >= 0.3 is 5.97 Å². The Morgan fingerprint density at radius 3 is 2.68 bits per heavy atom. The van der Waals surface area contributed by atoms with Crippen molar-refractivity contribution in [3.63, 3.8) is 0 Å². The maximum atomic E-state index is 11.9. The number of pyridine rings is 1. The lowest BCUT2D eigenvalue weighted by Gasteiger charge is -2.29. The molecule has 106 valence electrons. The normalized spacial score (nSPS) is 12.9. The number of rotatable bonds is 4. The van der Waals surface area contributed by atoms with Crippen molar-refractivity contribution in [3.05, 3.63) is 17.8 Å². The Balaban J connectivity index is 3.03. The summed E-state index contributed by atoms with van der Waals surface area (Å²) in [6.45, 7) is 10.5. The molecule has 0 fully saturated rings. The summed E-state index contributed by atoms with van der Waals surface area (Å²) in [5, 5.41) is 3.25. The molecule has 5 heteroatoms.